The third kappa shape index (κ3) is 30.4. The van der Waals surface area contributed by atoms with Gasteiger partial charge in [-0.3, -0.25) is 19.2 Å². The van der Waals surface area contributed by atoms with Crippen molar-refractivity contribution in [2.45, 2.75) is 156 Å². The average molecular weight is 640 g/mol. The third-order valence-corrected chi connectivity index (χ3v) is 7.56. The highest BCUT2D eigenvalue weighted by atomic mass is 16.5. The van der Waals surface area contributed by atoms with Gasteiger partial charge in [0.25, 0.3) is 0 Å². The Morgan fingerprint density at radius 2 is 1.07 bits per heavy atom. The molecule has 9 heteroatoms. The predicted molar refractivity (Wildman–Crippen MR) is 183 cm³/mol. The Hall–Kier alpha value is -2.00. The molecule has 0 aliphatic carbocycles. The van der Waals surface area contributed by atoms with Crippen LogP contribution in [0.5, 0.6) is 0 Å². The van der Waals surface area contributed by atoms with Gasteiger partial charge in [0.05, 0.1) is 25.9 Å². The number of carbonyl (C=O) groups excluding carboxylic acids is 4. The molecule has 0 aromatic rings. The second-order valence-electron chi connectivity index (χ2n) is 13.2. The van der Waals surface area contributed by atoms with Gasteiger partial charge in [-0.05, 0) is 37.5 Å². The van der Waals surface area contributed by atoms with E-state index in [-0.39, 0.29) is 29.4 Å². The normalized spacial score (nSPS) is 12.0. The number of nitrogens with one attached hydrogen (secondary N) is 3. The fourth-order valence-electron chi connectivity index (χ4n) is 5.06. The lowest BCUT2D eigenvalue weighted by Gasteiger charge is -2.19. The van der Waals surface area contributed by atoms with E-state index in [4.69, 9.17) is 9.47 Å². The lowest BCUT2D eigenvalue weighted by Crippen LogP contribution is -2.41. The van der Waals surface area contributed by atoms with Crippen LogP contribution >= 0.6 is 0 Å². The summed E-state index contributed by atoms with van der Waals surface area (Å²) in [4.78, 5) is 49.0. The van der Waals surface area contributed by atoms with Crippen molar-refractivity contribution in [3.05, 3.63) is 0 Å². The number of ether oxygens (including phenoxy) is 2. The maximum Gasteiger partial charge on any atom is 0.220 e. The molecular weight excluding hydrogens is 570 g/mol. The first kappa shape index (κ1) is 43.0. The van der Waals surface area contributed by atoms with Crippen LogP contribution in [-0.4, -0.2) is 69.1 Å². The molecule has 3 N–H and O–H groups in total. The summed E-state index contributed by atoms with van der Waals surface area (Å²) < 4.78 is 11.1. The molecule has 1 atom stereocenters. The molecule has 0 saturated heterocycles. The molecule has 264 valence electrons. The van der Waals surface area contributed by atoms with E-state index in [9.17, 15) is 19.2 Å². The van der Waals surface area contributed by atoms with E-state index in [1.807, 2.05) is 27.7 Å². The summed E-state index contributed by atoms with van der Waals surface area (Å²) in [6.07, 6.45) is 17.4. The van der Waals surface area contributed by atoms with Crippen LogP contribution in [0.1, 0.15) is 150 Å². The largest absolute Gasteiger partial charge is 0.379 e. The zero-order valence-electron chi connectivity index (χ0n) is 29.7. The minimum absolute atomic E-state index is 0.00984. The third-order valence-electron chi connectivity index (χ3n) is 7.56. The lowest BCUT2D eigenvalue weighted by molar-refractivity contribution is -0.128. The number of hydrogen-bond donors (Lipinski definition) is 3. The maximum atomic E-state index is 12.9. The molecule has 45 heavy (non-hydrogen) atoms. The predicted octanol–water partition coefficient (Wildman–Crippen LogP) is 6.66. The molecular formula is C36H69N3O6. The lowest BCUT2D eigenvalue weighted by atomic mass is 10.0. The minimum Gasteiger partial charge on any atom is -0.379 e. The van der Waals surface area contributed by atoms with Gasteiger partial charge in [0.2, 0.25) is 17.7 Å². The Morgan fingerprint density at radius 1 is 0.533 bits per heavy atom. The molecule has 0 rings (SSSR count). The second kappa shape index (κ2) is 30.6. The topological polar surface area (TPSA) is 123 Å². The summed E-state index contributed by atoms with van der Waals surface area (Å²) in [6.45, 7) is 12.9. The highest BCUT2D eigenvalue weighted by Crippen LogP contribution is 2.12. The van der Waals surface area contributed by atoms with E-state index in [0.717, 1.165) is 12.8 Å². The SMILES string of the molecule is CCCCCCCCCCCCCC(=O)NCCOCCOCCCC(=O)C(CCCNC(=O)CC(C)C)NC(=O)CC(C)C. The fourth-order valence-corrected chi connectivity index (χ4v) is 5.06. The van der Waals surface area contributed by atoms with Gasteiger partial charge in [-0.2, -0.15) is 0 Å². The summed E-state index contributed by atoms with van der Waals surface area (Å²) in [6, 6.07) is -0.549. The number of Topliss-reactive ketones (excluding diaryl/α,β-unsaturated/α-hetero) is 1. The smallest absolute Gasteiger partial charge is 0.220 e. The van der Waals surface area contributed by atoms with Crippen LogP contribution in [0.25, 0.3) is 0 Å². The summed E-state index contributed by atoms with van der Waals surface area (Å²) >= 11 is 0. The number of carbonyl (C=O) groups is 4. The van der Waals surface area contributed by atoms with Crippen LogP contribution in [0.4, 0.5) is 0 Å². The van der Waals surface area contributed by atoms with Gasteiger partial charge >= 0.3 is 0 Å². The van der Waals surface area contributed by atoms with Crippen molar-refractivity contribution in [2.75, 3.05) is 39.5 Å². The van der Waals surface area contributed by atoms with Crippen LogP contribution in [0.15, 0.2) is 0 Å². The van der Waals surface area contributed by atoms with Crippen molar-refractivity contribution in [1.29, 1.82) is 0 Å². The molecule has 0 fully saturated rings. The number of ketones is 1. The molecule has 1 unspecified atom stereocenters. The molecule has 0 aromatic heterocycles. The number of hydrogen-bond acceptors (Lipinski definition) is 6. The van der Waals surface area contributed by atoms with E-state index >= 15 is 0 Å². The Bertz CT molecular complexity index is 759. The second-order valence-corrected chi connectivity index (χ2v) is 13.2. The van der Waals surface area contributed by atoms with Crippen LogP contribution in [0.3, 0.4) is 0 Å². The zero-order valence-corrected chi connectivity index (χ0v) is 29.7. The van der Waals surface area contributed by atoms with E-state index in [2.05, 4.69) is 22.9 Å². The van der Waals surface area contributed by atoms with Crippen molar-refractivity contribution < 1.29 is 28.7 Å². The minimum atomic E-state index is -0.549. The molecule has 0 heterocycles. The van der Waals surface area contributed by atoms with Gasteiger partial charge in [-0.15, -0.1) is 0 Å². The van der Waals surface area contributed by atoms with Gasteiger partial charge in [0.1, 0.15) is 0 Å². The molecule has 0 aromatic carbocycles. The summed E-state index contributed by atoms with van der Waals surface area (Å²) in [5.41, 5.74) is 0. The van der Waals surface area contributed by atoms with Crippen molar-refractivity contribution in [3.63, 3.8) is 0 Å². The molecule has 0 radical (unpaired) electrons. The molecule has 0 aliphatic heterocycles. The summed E-state index contributed by atoms with van der Waals surface area (Å²) in [5.74, 6) is 0.477. The Labute approximate surface area is 275 Å². The molecule has 9 nitrogen and oxygen atoms in total. The standard InChI is InChI=1S/C36H69N3O6/c1-6-7-8-9-10-11-12-13-14-15-16-21-34(41)38-23-25-45-27-26-44-24-18-20-33(40)32(39-36(43)29-31(4)5)19-17-22-37-35(42)28-30(2)3/h30-32H,6-29H2,1-5H3,(H,37,42)(H,38,41)(H,39,43). The monoisotopic (exact) mass is 640 g/mol. The van der Waals surface area contributed by atoms with Crippen LogP contribution in [0.2, 0.25) is 0 Å². The molecule has 0 aliphatic rings. The van der Waals surface area contributed by atoms with E-state index < -0.39 is 6.04 Å². The Kier molecular flexibility index (Phi) is 29.3. The summed E-state index contributed by atoms with van der Waals surface area (Å²) in [7, 11) is 0. The van der Waals surface area contributed by atoms with Crippen LogP contribution < -0.4 is 16.0 Å². The maximum absolute atomic E-state index is 12.9. The molecule has 0 saturated carbocycles. The van der Waals surface area contributed by atoms with E-state index in [1.54, 1.807) is 0 Å². The molecule has 0 spiro atoms. The first-order valence-corrected chi connectivity index (χ1v) is 18.2. The summed E-state index contributed by atoms with van der Waals surface area (Å²) in [5, 5.41) is 8.70. The quantitative estimate of drug-likeness (QED) is 0.0708. The highest BCUT2D eigenvalue weighted by molar-refractivity contribution is 5.89. The highest BCUT2D eigenvalue weighted by Gasteiger charge is 2.20. The molecule has 3 amide bonds. The average Bonchev–Trinajstić information content (AvgIpc) is 2.97. The van der Waals surface area contributed by atoms with Crippen molar-refractivity contribution in [2.24, 2.45) is 11.8 Å². The fraction of sp³-hybridized carbons (Fsp3) is 0.889. The van der Waals surface area contributed by atoms with Gasteiger partial charge in [-0.1, -0.05) is 98.8 Å². The number of amides is 3. The Balaban J connectivity index is 3.87. The molecule has 0 bridgehead atoms. The van der Waals surface area contributed by atoms with Gasteiger partial charge < -0.3 is 25.4 Å². The van der Waals surface area contributed by atoms with Crippen LogP contribution in [0, 0.1) is 11.8 Å². The van der Waals surface area contributed by atoms with E-state index in [1.165, 1.54) is 57.8 Å². The zero-order chi connectivity index (χ0) is 33.5. The Morgan fingerprint density at radius 3 is 1.67 bits per heavy atom. The van der Waals surface area contributed by atoms with Crippen molar-refractivity contribution in [1.82, 2.24) is 16.0 Å². The van der Waals surface area contributed by atoms with Gasteiger partial charge in [0.15, 0.2) is 5.78 Å². The van der Waals surface area contributed by atoms with Crippen molar-refractivity contribution >= 4 is 23.5 Å². The number of unbranched alkanes of at least 4 members (excludes halogenated alkanes) is 10. The number of rotatable bonds is 32. The van der Waals surface area contributed by atoms with Gasteiger partial charge in [0, 0.05) is 45.4 Å². The first-order chi connectivity index (χ1) is 21.6. The van der Waals surface area contributed by atoms with Gasteiger partial charge in [-0.25, -0.2) is 0 Å². The van der Waals surface area contributed by atoms with Crippen LogP contribution in [-0.2, 0) is 28.7 Å². The van der Waals surface area contributed by atoms with Crippen molar-refractivity contribution in [3.8, 4) is 0 Å². The first-order valence-electron chi connectivity index (χ1n) is 18.2. The van der Waals surface area contributed by atoms with E-state index in [0.29, 0.717) is 90.4 Å².